The molecule has 2 N–H and O–H groups in total. The molecule has 0 fully saturated rings. The molecular weight excluding hydrogens is 384 g/mol. The summed E-state index contributed by atoms with van der Waals surface area (Å²) in [6, 6.07) is 14.5. The third kappa shape index (κ3) is 3.71. The molecule has 0 radical (unpaired) electrons. The van der Waals surface area contributed by atoms with Crippen molar-refractivity contribution in [3.05, 3.63) is 59.2 Å². The van der Waals surface area contributed by atoms with E-state index in [4.69, 9.17) is 11.6 Å². The van der Waals surface area contributed by atoms with Crippen LogP contribution in [0.2, 0.25) is 5.02 Å². The van der Waals surface area contributed by atoms with E-state index in [1.165, 1.54) is 11.3 Å². The second-order valence-electron chi connectivity index (χ2n) is 5.63. The highest BCUT2D eigenvalue weighted by Gasteiger charge is 2.11. The molecule has 0 atom stereocenters. The van der Waals surface area contributed by atoms with E-state index < -0.39 is 0 Å². The van der Waals surface area contributed by atoms with Gasteiger partial charge in [0.2, 0.25) is 11.0 Å². The van der Waals surface area contributed by atoms with Gasteiger partial charge in [-0.1, -0.05) is 41.1 Å². The molecule has 9 heteroatoms. The first kappa shape index (κ1) is 17.3. The number of aryl methyl sites for hydroxylation is 1. The quantitative estimate of drug-likeness (QED) is 0.359. The molecule has 0 saturated heterocycles. The van der Waals surface area contributed by atoms with Gasteiger partial charge in [0.25, 0.3) is 0 Å². The lowest BCUT2D eigenvalue weighted by molar-refractivity contribution is 0.459. The Hall–Kier alpha value is -3.10. The average Bonchev–Trinajstić information content (AvgIpc) is 3.18. The molecule has 0 aliphatic heterocycles. The number of rotatable bonds is 4. The van der Waals surface area contributed by atoms with E-state index in [0.717, 1.165) is 10.9 Å². The van der Waals surface area contributed by atoms with Gasteiger partial charge in [0, 0.05) is 10.4 Å². The largest absolute Gasteiger partial charge is 0.493 e. The summed E-state index contributed by atoms with van der Waals surface area (Å²) >= 11 is 7.12. The van der Waals surface area contributed by atoms with Gasteiger partial charge in [-0.15, -0.1) is 20.5 Å². The number of para-hydroxylation sites is 1. The van der Waals surface area contributed by atoms with Gasteiger partial charge in [-0.05, 0) is 37.3 Å². The Labute approximate surface area is 163 Å². The van der Waals surface area contributed by atoms with E-state index in [1.54, 1.807) is 24.3 Å². The Bertz CT molecular complexity index is 1160. The number of nitrogens with zero attached hydrogens (tertiary/aromatic N) is 5. The maximum atomic E-state index is 10.0. The van der Waals surface area contributed by atoms with Crippen LogP contribution in [0.1, 0.15) is 5.69 Å². The summed E-state index contributed by atoms with van der Waals surface area (Å²) in [7, 11) is 0. The third-order valence-electron chi connectivity index (χ3n) is 3.74. The predicted molar refractivity (Wildman–Crippen MR) is 107 cm³/mol. The van der Waals surface area contributed by atoms with Crippen LogP contribution >= 0.6 is 22.9 Å². The van der Waals surface area contributed by atoms with E-state index in [-0.39, 0.29) is 5.88 Å². The Morgan fingerprint density at radius 2 is 1.78 bits per heavy atom. The number of thiazole rings is 1. The van der Waals surface area contributed by atoms with Crippen LogP contribution in [0.25, 0.3) is 10.9 Å². The fraction of sp³-hybridized carbons (Fsp3) is 0.0556. The minimum absolute atomic E-state index is 0.0316. The Balaban J connectivity index is 1.58. The second-order valence-corrected chi connectivity index (χ2v) is 7.02. The number of nitrogens with one attached hydrogen (secondary N) is 1. The molecule has 4 aromatic rings. The summed E-state index contributed by atoms with van der Waals surface area (Å²) in [5.74, 6) is -0.0316. The number of hydrogen-bond donors (Lipinski definition) is 2. The molecule has 0 aliphatic rings. The fourth-order valence-corrected chi connectivity index (χ4v) is 3.27. The summed E-state index contributed by atoms with van der Waals surface area (Å²) < 4.78 is 0. The van der Waals surface area contributed by atoms with Crippen molar-refractivity contribution >= 4 is 55.3 Å². The van der Waals surface area contributed by atoms with E-state index in [9.17, 15) is 5.11 Å². The SMILES string of the molecule is Cc1nc(N=Nc2c(O)[nH]c3ccccc23)sc1N=Nc1ccc(Cl)cc1. The lowest BCUT2D eigenvalue weighted by Gasteiger charge is -1.91. The summed E-state index contributed by atoms with van der Waals surface area (Å²) in [5.41, 5.74) is 2.56. The topological polar surface area (TPSA) is 98.3 Å². The Kier molecular flexibility index (Phi) is 4.66. The zero-order valence-electron chi connectivity index (χ0n) is 14.1. The first-order valence-corrected chi connectivity index (χ1v) is 9.16. The monoisotopic (exact) mass is 396 g/mol. The maximum absolute atomic E-state index is 10.0. The van der Waals surface area contributed by atoms with Gasteiger partial charge >= 0.3 is 0 Å². The highest BCUT2D eigenvalue weighted by molar-refractivity contribution is 7.19. The number of halogens is 1. The van der Waals surface area contributed by atoms with Gasteiger partial charge in [-0.2, -0.15) is 0 Å². The first-order valence-electron chi connectivity index (χ1n) is 7.96. The number of aromatic amines is 1. The Morgan fingerprint density at radius 1 is 1.00 bits per heavy atom. The van der Waals surface area contributed by atoms with Crippen molar-refractivity contribution in [1.29, 1.82) is 0 Å². The number of fused-ring (bicyclic) bond motifs is 1. The van der Waals surface area contributed by atoms with E-state index in [0.29, 0.717) is 32.2 Å². The molecule has 0 bridgehead atoms. The van der Waals surface area contributed by atoms with Crippen molar-refractivity contribution in [2.75, 3.05) is 0 Å². The normalized spacial score (nSPS) is 11.9. The molecule has 0 saturated carbocycles. The second kappa shape index (κ2) is 7.26. The number of aromatic nitrogens is 2. The number of azo groups is 2. The molecule has 2 aromatic carbocycles. The van der Waals surface area contributed by atoms with Crippen LogP contribution in [0, 0.1) is 6.92 Å². The lowest BCUT2D eigenvalue weighted by Crippen LogP contribution is -1.68. The summed E-state index contributed by atoms with van der Waals surface area (Å²) in [5, 5.41) is 29.2. The van der Waals surface area contributed by atoms with Gasteiger partial charge in [0.15, 0.2) is 10.7 Å². The molecule has 27 heavy (non-hydrogen) atoms. The zero-order chi connectivity index (χ0) is 18.8. The Morgan fingerprint density at radius 3 is 2.59 bits per heavy atom. The standard InChI is InChI=1S/C18H13ClN6OS/c1-10-17(24-22-12-8-6-11(19)7-9-12)27-18(20-10)25-23-15-13-4-2-3-5-14(13)21-16(15)26/h2-9,21,26H,1H3. The van der Waals surface area contributed by atoms with Gasteiger partial charge in [0.05, 0.1) is 16.9 Å². The fourth-order valence-electron chi connectivity index (χ4n) is 2.43. The van der Waals surface area contributed by atoms with Crippen LogP contribution in [0.5, 0.6) is 5.88 Å². The third-order valence-corrected chi connectivity index (χ3v) is 4.92. The lowest BCUT2D eigenvalue weighted by atomic mass is 10.2. The number of benzene rings is 2. The minimum Gasteiger partial charge on any atom is -0.493 e. The van der Waals surface area contributed by atoms with E-state index in [1.807, 2.05) is 31.2 Å². The number of H-pyrrole nitrogens is 1. The minimum atomic E-state index is -0.0316. The highest BCUT2D eigenvalue weighted by atomic mass is 35.5. The van der Waals surface area contributed by atoms with Crippen LogP contribution in [0.15, 0.2) is 69.0 Å². The molecule has 134 valence electrons. The van der Waals surface area contributed by atoms with Crippen LogP contribution < -0.4 is 0 Å². The van der Waals surface area contributed by atoms with E-state index in [2.05, 4.69) is 30.4 Å². The van der Waals surface area contributed by atoms with Crippen LogP contribution in [-0.2, 0) is 0 Å². The summed E-state index contributed by atoms with van der Waals surface area (Å²) in [4.78, 5) is 7.20. The smallest absolute Gasteiger partial charge is 0.232 e. The summed E-state index contributed by atoms with van der Waals surface area (Å²) in [6.07, 6.45) is 0. The van der Waals surface area contributed by atoms with Gasteiger partial charge in [-0.3, -0.25) is 0 Å². The highest BCUT2D eigenvalue weighted by Crippen LogP contribution is 2.38. The molecule has 2 aromatic heterocycles. The molecule has 4 rings (SSSR count). The molecule has 0 aliphatic carbocycles. The number of aromatic hydroxyl groups is 1. The van der Waals surface area contributed by atoms with Crippen LogP contribution in [0.4, 0.5) is 21.5 Å². The van der Waals surface area contributed by atoms with Crippen LogP contribution in [-0.4, -0.2) is 15.1 Å². The van der Waals surface area contributed by atoms with Gasteiger partial charge in [0.1, 0.15) is 0 Å². The number of hydrogen-bond acceptors (Lipinski definition) is 7. The zero-order valence-corrected chi connectivity index (χ0v) is 15.7. The molecule has 0 amide bonds. The molecule has 2 heterocycles. The maximum Gasteiger partial charge on any atom is 0.232 e. The van der Waals surface area contributed by atoms with Crippen molar-refractivity contribution in [3.63, 3.8) is 0 Å². The molecule has 7 nitrogen and oxygen atoms in total. The summed E-state index contributed by atoms with van der Waals surface area (Å²) in [6.45, 7) is 1.83. The molecular formula is C18H13ClN6OS. The average molecular weight is 397 g/mol. The van der Waals surface area contributed by atoms with Crippen molar-refractivity contribution in [2.24, 2.45) is 20.5 Å². The van der Waals surface area contributed by atoms with Crippen molar-refractivity contribution < 1.29 is 5.11 Å². The van der Waals surface area contributed by atoms with Crippen LogP contribution in [0.3, 0.4) is 0 Å². The molecule has 0 unspecified atom stereocenters. The van der Waals surface area contributed by atoms with Crippen molar-refractivity contribution in [3.8, 4) is 5.88 Å². The first-order chi connectivity index (χ1) is 13.1. The molecule has 0 spiro atoms. The van der Waals surface area contributed by atoms with Crippen molar-refractivity contribution in [1.82, 2.24) is 9.97 Å². The van der Waals surface area contributed by atoms with Gasteiger partial charge in [-0.25, -0.2) is 4.98 Å². The van der Waals surface area contributed by atoms with Crippen molar-refractivity contribution in [2.45, 2.75) is 6.92 Å². The van der Waals surface area contributed by atoms with E-state index >= 15 is 0 Å². The predicted octanol–water partition coefficient (Wildman–Crippen LogP) is 7.12. The van der Waals surface area contributed by atoms with Gasteiger partial charge < -0.3 is 10.1 Å².